The average molecular weight is 256 g/mol. The highest BCUT2D eigenvalue weighted by Gasteiger charge is 2.59. The number of carbonyl (C=O) groups is 1. The van der Waals surface area contributed by atoms with Crippen LogP contribution in [0.5, 0.6) is 0 Å². The van der Waals surface area contributed by atoms with Gasteiger partial charge in [-0.1, -0.05) is 6.42 Å². The Hall–Kier alpha value is -0.810. The molecule has 1 aliphatic heterocycles. The molecule has 1 spiro atoms. The molecule has 0 radical (unpaired) electrons. The molecule has 1 heterocycles. The molecule has 2 aliphatic rings. The van der Waals surface area contributed by atoms with E-state index < -0.39 is 5.60 Å². The number of rotatable bonds is 3. The third-order valence-corrected chi connectivity index (χ3v) is 3.66. The molecule has 2 N–H and O–H groups in total. The largest absolute Gasteiger partial charge is 0.444 e. The fourth-order valence-corrected chi connectivity index (χ4v) is 2.68. The molecule has 2 fully saturated rings. The Morgan fingerprint density at radius 1 is 1.44 bits per heavy atom. The van der Waals surface area contributed by atoms with Gasteiger partial charge in [0.2, 0.25) is 0 Å². The molecule has 2 rings (SSSR count). The van der Waals surface area contributed by atoms with Crippen LogP contribution in [0.1, 0.15) is 40.0 Å². The molecule has 1 unspecified atom stereocenters. The number of carbonyl (C=O) groups excluding carboxylic acids is 1. The van der Waals surface area contributed by atoms with Crippen LogP contribution in [0.25, 0.3) is 0 Å². The van der Waals surface area contributed by atoms with Crippen molar-refractivity contribution in [3.05, 3.63) is 0 Å². The molecule has 1 saturated heterocycles. The highest BCUT2D eigenvalue weighted by Crippen LogP contribution is 2.53. The van der Waals surface area contributed by atoms with E-state index in [9.17, 15) is 4.79 Å². The highest BCUT2D eigenvalue weighted by atomic mass is 16.6. The van der Waals surface area contributed by atoms with Crippen molar-refractivity contribution in [1.82, 2.24) is 4.90 Å². The Morgan fingerprint density at radius 2 is 2.11 bits per heavy atom. The first-order chi connectivity index (χ1) is 8.38. The maximum atomic E-state index is 12.0. The normalized spacial score (nSPS) is 25.6. The second-order valence-corrected chi connectivity index (χ2v) is 6.34. The summed E-state index contributed by atoms with van der Waals surface area (Å²) in [4.78, 5) is 13.7. The fourth-order valence-electron chi connectivity index (χ4n) is 2.68. The van der Waals surface area contributed by atoms with Gasteiger partial charge in [0.25, 0.3) is 0 Å². The lowest BCUT2D eigenvalue weighted by molar-refractivity contribution is -0.237. The maximum Gasteiger partial charge on any atom is 0.412 e. The van der Waals surface area contributed by atoms with Gasteiger partial charge in [0.15, 0.2) is 0 Å². The van der Waals surface area contributed by atoms with E-state index in [0.717, 1.165) is 19.4 Å². The summed E-state index contributed by atoms with van der Waals surface area (Å²) in [5.74, 6) is 0. The second-order valence-electron chi connectivity index (χ2n) is 6.34. The molecule has 0 aromatic rings. The number of nitrogens with two attached hydrogens (primary N) is 1. The minimum absolute atomic E-state index is 0.135. The van der Waals surface area contributed by atoms with E-state index in [4.69, 9.17) is 15.2 Å². The van der Waals surface area contributed by atoms with Crippen molar-refractivity contribution in [3.8, 4) is 0 Å². The van der Waals surface area contributed by atoms with Crippen LogP contribution >= 0.6 is 0 Å². The summed E-state index contributed by atoms with van der Waals surface area (Å²) in [6.45, 7) is 7.36. The maximum absolute atomic E-state index is 12.0. The van der Waals surface area contributed by atoms with Crippen molar-refractivity contribution in [2.75, 3.05) is 19.7 Å². The van der Waals surface area contributed by atoms with Gasteiger partial charge in [0, 0.05) is 18.5 Å². The summed E-state index contributed by atoms with van der Waals surface area (Å²) in [5.41, 5.74) is 5.19. The monoisotopic (exact) mass is 256 g/mol. The van der Waals surface area contributed by atoms with Gasteiger partial charge in [0.1, 0.15) is 11.8 Å². The first-order valence-corrected chi connectivity index (χ1v) is 6.69. The molecule has 104 valence electrons. The topological polar surface area (TPSA) is 64.8 Å². The summed E-state index contributed by atoms with van der Waals surface area (Å²) in [5, 5.41) is 0. The number of likely N-dealkylation sites (tertiary alicyclic amines) is 1. The predicted molar refractivity (Wildman–Crippen MR) is 68.0 cm³/mol. The number of hydrogen-bond acceptors (Lipinski definition) is 4. The van der Waals surface area contributed by atoms with Crippen LogP contribution < -0.4 is 5.73 Å². The lowest BCUT2D eigenvalue weighted by Crippen LogP contribution is -2.70. The van der Waals surface area contributed by atoms with Crippen LogP contribution in [-0.2, 0) is 9.47 Å². The van der Waals surface area contributed by atoms with Gasteiger partial charge < -0.3 is 15.2 Å². The summed E-state index contributed by atoms with van der Waals surface area (Å²) < 4.78 is 11.1. The van der Waals surface area contributed by atoms with Gasteiger partial charge in [-0.2, -0.15) is 0 Å². The highest BCUT2D eigenvalue weighted by molar-refractivity contribution is 5.70. The predicted octanol–water partition coefficient (Wildman–Crippen LogP) is 1.71. The van der Waals surface area contributed by atoms with Crippen LogP contribution in [0.3, 0.4) is 0 Å². The quantitative estimate of drug-likeness (QED) is 0.835. The van der Waals surface area contributed by atoms with Crippen LogP contribution in [-0.4, -0.2) is 42.5 Å². The lowest BCUT2D eigenvalue weighted by atomic mass is 9.62. The van der Waals surface area contributed by atoms with Gasteiger partial charge in [0.05, 0.1) is 6.61 Å². The van der Waals surface area contributed by atoms with Crippen LogP contribution in [0, 0.1) is 5.41 Å². The van der Waals surface area contributed by atoms with E-state index in [2.05, 4.69) is 0 Å². The number of hydrogen-bond donors (Lipinski definition) is 1. The SMILES string of the molecule is CC(C)(C)OC(=O)N1CC2(CCC2)C1OCCN. The van der Waals surface area contributed by atoms with E-state index in [-0.39, 0.29) is 17.7 Å². The van der Waals surface area contributed by atoms with E-state index >= 15 is 0 Å². The van der Waals surface area contributed by atoms with Crippen LogP contribution in [0.4, 0.5) is 4.79 Å². The standard InChI is InChI=1S/C13H24N2O3/c1-12(2,3)18-11(16)15-9-13(5-4-6-13)10(15)17-8-7-14/h10H,4-9,14H2,1-3H3. The summed E-state index contributed by atoms with van der Waals surface area (Å²) in [6.07, 6.45) is 3.10. The molecule has 1 aliphatic carbocycles. The minimum atomic E-state index is -0.460. The Kier molecular flexibility index (Phi) is 3.56. The van der Waals surface area contributed by atoms with Crippen molar-refractivity contribution in [2.24, 2.45) is 11.1 Å². The molecular formula is C13H24N2O3. The molecule has 18 heavy (non-hydrogen) atoms. The van der Waals surface area contributed by atoms with E-state index in [0.29, 0.717) is 13.2 Å². The smallest absolute Gasteiger partial charge is 0.412 e. The van der Waals surface area contributed by atoms with Gasteiger partial charge in [-0.05, 0) is 33.6 Å². The van der Waals surface area contributed by atoms with E-state index in [1.54, 1.807) is 4.90 Å². The first-order valence-electron chi connectivity index (χ1n) is 6.69. The molecule has 1 saturated carbocycles. The zero-order chi connectivity index (χ0) is 13.4. The average Bonchev–Trinajstić information content (AvgIpc) is 2.11. The number of ether oxygens (including phenoxy) is 2. The zero-order valence-corrected chi connectivity index (χ0v) is 11.6. The van der Waals surface area contributed by atoms with E-state index in [1.165, 1.54) is 6.42 Å². The Morgan fingerprint density at radius 3 is 2.56 bits per heavy atom. The second kappa shape index (κ2) is 4.70. The summed E-state index contributed by atoms with van der Waals surface area (Å²) in [6, 6.07) is 0. The van der Waals surface area contributed by atoms with Gasteiger partial charge in [-0.3, -0.25) is 4.90 Å². The van der Waals surface area contributed by atoms with Crippen molar-refractivity contribution in [2.45, 2.75) is 51.9 Å². The van der Waals surface area contributed by atoms with Crippen molar-refractivity contribution >= 4 is 6.09 Å². The van der Waals surface area contributed by atoms with Gasteiger partial charge >= 0.3 is 6.09 Å². The third-order valence-electron chi connectivity index (χ3n) is 3.66. The molecule has 0 aromatic carbocycles. The molecule has 5 nitrogen and oxygen atoms in total. The van der Waals surface area contributed by atoms with Crippen molar-refractivity contribution in [1.29, 1.82) is 0 Å². The number of amides is 1. The number of nitrogens with zero attached hydrogens (tertiary/aromatic N) is 1. The van der Waals surface area contributed by atoms with Gasteiger partial charge in [-0.15, -0.1) is 0 Å². The molecule has 1 amide bonds. The van der Waals surface area contributed by atoms with E-state index in [1.807, 2.05) is 20.8 Å². The fraction of sp³-hybridized carbons (Fsp3) is 0.923. The molecular weight excluding hydrogens is 232 g/mol. The molecule has 5 heteroatoms. The molecule has 1 atom stereocenters. The molecule has 0 aromatic heterocycles. The van der Waals surface area contributed by atoms with Crippen molar-refractivity contribution in [3.63, 3.8) is 0 Å². The molecule has 0 bridgehead atoms. The minimum Gasteiger partial charge on any atom is -0.444 e. The van der Waals surface area contributed by atoms with Gasteiger partial charge in [-0.25, -0.2) is 4.79 Å². The van der Waals surface area contributed by atoms with Crippen molar-refractivity contribution < 1.29 is 14.3 Å². The Bertz CT molecular complexity index is 321. The lowest BCUT2D eigenvalue weighted by Gasteiger charge is -2.60. The zero-order valence-electron chi connectivity index (χ0n) is 11.6. The Balaban J connectivity index is 1.94. The third kappa shape index (κ3) is 2.47. The van der Waals surface area contributed by atoms with Crippen LogP contribution in [0.2, 0.25) is 0 Å². The summed E-state index contributed by atoms with van der Waals surface area (Å²) >= 11 is 0. The first kappa shape index (κ1) is 13.6. The Labute approximate surface area is 109 Å². The summed E-state index contributed by atoms with van der Waals surface area (Å²) in [7, 11) is 0. The van der Waals surface area contributed by atoms with Crippen LogP contribution in [0.15, 0.2) is 0 Å².